The molecule has 0 spiro atoms. The number of carbonyl (C=O) groups is 2. The van der Waals surface area contributed by atoms with Crippen LogP contribution in [0.4, 0.5) is 10.5 Å². The molecule has 1 atom stereocenters. The van der Waals surface area contributed by atoms with E-state index in [1.807, 2.05) is 0 Å². The van der Waals surface area contributed by atoms with Crippen molar-refractivity contribution >= 4 is 35.2 Å². The molecule has 0 fully saturated rings. The van der Waals surface area contributed by atoms with Gasteiger partial charge in [0.2, 0.25) is 0 Å². The zero-order valence-corrected chi connectivity index (χ0v) is 16.3. The van der Waals surface area contributed by atoms with Gasteiger partial charge < -0.3 is 25.2 Å². The van der Waals surface area contributed by atoms with Gasteiger partial charge >= 0.3 is 12.0 Å². The lowest BCUT2D eigenvalue weighted by atomic mass is 10.0. The van der Waals surface area contributed by atoms with Crippen LogP contribution in [0.5, 0.6) is 5.75 Å². The molecule has 0 radical (unpaired) electrons. The van der Waals surface area contributed by atoms with Gasteiger partial charge in [0.25, 0.3) is 5.90 Å². The third-order valence-corrected chi connectivity index (χ3v) is 4.07. The summed E-state index contributed by atoms with van der Waals surface area (Å²) in [5.74, 6) is -1.95. The number of anilines is 1. The van der Waals surface area contributed by atoms with E-state index in [4.69, 9.17) is 31.6 Å². The van der Waals surface area contributed by atoms with Crippen LogP contribution in [0.25, 0.3) is 0 Å². The van der Waals surface area contributed by atoms with E-state index in [0.717, 1.165) is 5.56 Å². The molecule has 29 heavy (non-hydrogen) atoms. The molecule has 2 rings (SSSR count). The molecule has 0 aliphatic rings. The lowest BCUT2D eigenvalue weighted by molar-refractivity contribution is -0.130. The molecule has 0 saturated carbocycles. The minimum absolute atomic E-state index is 0.0838. The van der Waals surface area contributed by atoms with Crippen molar-refractivity contribution in [1.29, 1.82) is 5.41 Å². The van der Waals surface area contributed by atoms with Crippen LogP contribution in [0, 0.1) is 5.41 Å². The van der Waals surface area contributed by atoms with Crippen molar-refractivity contribution < 1.29 is 24.2 Å². The number of halogens is 1. The van der Waals surface area contributed by atoms with E-state index in [1.165, 1.54) is 0 Å². The number of carboxylic acids is 1. The molecule has 2 amide bonds. The van der Waals surface area contributed by atoms with Gasteiger partial charge in [-0.25, -0.2) is 9.59 Å². The standard InChI is InChI=1S/C20H20ClN3O5/c1-12(29-18(22)19(25)26)17(11-13-3-9-16(28-2)10-4-13)24-20(27)23-15-7-5-14(21)6-8-15/h3-10,17,22H,1,11H2,2H3,(H,25,26)(H2,23,24,27). The molecular weight excluding hydrogens is 398 g/mol. The largest absolute Gasteiger partial charge is 0.497 e. The maximum absolute atomic E-state index is 12.4. The van der Waals surface area contributed by atoms with Gasteiger partial charge in [0, 0.05) is 10.7 Å². The summed E-state index contributed by atoms with van der Waals surface area (Å²) in [5.41, 5.74) is 1.33. The van der Waals surface area contributed by atoms with Gasteiger partial charge in [-0.05, 0) is 48.4 Å². The molecule has 2 aromatic carbocycles. The van der Waals surface area contributed by atoms with E-state index >= 15 is 0 Å². The number of hydrogen-bond donors (Lipinski definition) is 4. The zero-order chi connectivity index (χ0) is 21.4. The van der Waals surface area contributed by atoms with Gasteiger partial charge in [0.1, 0.15) is 11.5 Å². The number of carboxylic acid groups (broad SMARTS) is 1. The van der Waals surface area contributed by atoms with Crippen molar-refractivity contribution in [2.24, 2.45) is 0 Å². The van der Waals surface area contributed by atoms with E-state index in [1.54, 1.807) is 55.6 Å². The lowest BCUT2D eigenvalue weighted by Crippen LogP contribution is -2.41. The Labute approximate surface area is 172 Å². The SMILES string of the molecule is C=C(OC(=N)C(=O)O)C(Cc1ccc(OC)cc1)NC(=O)Nc1ccc(Cl)cc1. The van der Waals surface area contributed by atoms with E-state index < -0.39 is 23.9 Å². The van der Waals surface area contributed by atoms with E-state index in [2.05, 4.69) is 17.2 Å². The predicted molar refractivity (Wildman–Crippen MR) is 110 cm³/mol. The Hall–Kier alpha value is -3.52. The molecule has 0 heterocycles. The number of ether oxygens (including phenoxy) is 2. The summed E-state index contributed by atoms with van der Waals surface area (Å²) >= 11 is 5.83. The molecule has 2 aromatic rings. The van der Waals surface area contributed by atoms with Crippen LogP contribution >= 0.6 is 11.6 Å². The summed E-state index contributed by atoms with van der Waals surface area (Å²) < 4.78 is 10.1. The van der Waals surface area contributed by atoms with Crippen LogP contribution in [0.2, 0.25) is 5.02 Å². The van der Waals surface area contributed by atoms with Gasteiger partial charge in [-0.15, -0.1) is 0 Å². The summed E-state index contributed by atoms with van der Waals surface area (Å²) in [6.45, 7) is 3.67. The van der Waals surface area contributed by atoms with Crippen LogP contribution in [0.15, 0.2) is 60.9 Å². The minimum Gasteiger partial charge on any atom is -0.497 e. The Balaban J connectivity index is 2.12. The highest BCUT2D eigenvalue weighted by Gasteiger charge is 2.21. The van der Waals surface area contributed by atoms with Crippen molar-refractivity contribution in [2.45, 2.75) is 12.5 Å². The highest BCUT2D eigenvalue weighted by molar-refractivity contribution is 6.30. The van der Waals surface area contributed by atoms with Crippen LogP contribution in [0.1, 0.15) is 5.56 Å². The van der Waals surface area contributed by atoms with Crippen molar-refractivity contribution in [2.75, 3.05) is 12.4 Å². The molecule has 8 nitrogen and oxygen atoms in total. The van der Waals surface area contributed by atoms with Gasteiger partial charge in [-0.2, -0.15) is 0 Å². The number of urea groups is 1. The Bertz CT molecular complexity index is 897. The first-order valence-corrected chi connectivity index (χ1v) is 8.80. The number of nitrogens with one attached hydrogen (secondary N) is 3. The van der Waals surface area contributed by atoms with E-state index in [-0.39, 0.29) is 12.2 Å². The van der Waals surface area contributed by atoms with Crippen LogP contribution in [-0.4, -0.2) is 36.2 Å². The minimum atomic E-state index is -1.54. The summed E-state index contributed by atoms with van der Waals surface area (Å²) in [5, 5.41) is 22.0. The third kappa shape index (κ3) is 6.86. The fourth-order valence-electron chi connectivity index (χ4n) is 2.35. The van der Waals surface area contributed by atoms with Gasteiger partial charge in [-0.3, -0.25) is 5.41 Å². The fourth-order valence-corrected chi connectivity index (χ4v) is 2.47. The van der Waals surface area contributed by atoms with Crippen LogP contribution in [-0.2, 0) is 16.0 Å². The molecule has 1 unspecified atom stereocenters. The lowest BCUT2D eigenvalue weighted by Gasteiger charge is -2.21. The number of amides is 2. The quantitative estimate of drug-likeness (QED) is 0.311. The number of benzene rings is 2. The van der Waals surface area contributed by atoms with E-state index in [0.29, 0.717) is 16.5 Å². The molecule has 0 aliphatic heterocycles. The summed E-state index contributed by atoms with van der Waals surface area (Å²) in [6, 6.07) is 12.3. The summed E-state index contributed by atoms with van der Waals surface area (Å²) in [6.07, 6.45) is 0.254. The second-order valence-corrected chi connectivity index (χ2v) is 6.35. The van der Waals surface area contributed by atoms with Crippen molar-refractivity contribution in [3.8, 4) is 5.75 Å². The number of aliphatic carboxylic acids is 1. The van der Waals surface area contributed by atoms with Crippen molar-refractivity contribution in [3.05, 3.63) is 71.5 Å². The summed E-state index contributed by atoms with van der Waals surface area (Å²) in [4.78, 5) is 23.2. The molecular formula is C20H20ClN3O5. The Morgan fingerprint density at radius 3 is 2.34 bits per heavy atom. The van der Waals surface area contributed by atoms with Gasteiger partial charge in [-0.1, -0.05) is 30.3 Å². The second-order valence-electron chi connectivity index (χ2n) is 5.91. The molecule has 152 valence electrons. The number of methoxy groups -OCH3 is 1. The number of hydrogen-bond acceptors (Lipinski definition) is 5. The maximum Gasteiger partial charge on any atom is 0.391 e. The highest BCUT2D eigenvalue weighted by Crippen LogP contribution is 2.17. The normalized spacial score (nSPS) is 11.1. The third-order valence-electron chi connectivity index (χ3n) is 3.82. The Kier molecular flexibility index (Phi) is 7.62. The van der Waals surface area contributed by atoms with Crippen molar-refractivity contribution in [3.63, 3.8) is 0 Å². The van der Waals surface area contributed by atoms with E-state index in [9.17, 15) is 9.59 Å². The van der Waals surface area contributed by atoms with Gasteiger partial charge in [0.15, 0.2) is 0 Å². The zero-order valence-electron chi connectivity index (χ0n) is 15.6. The highest BCUT2D eigenvalue weighted by atomic mass is 35.5. The average Bonchev–Trinajstić information content (AvgIpc) is 2.69. The van der Waals surface area contributed by atoms with Crippen LogP contribution < -0.4 is 15.4 Å². The smallest absolute Gasteiger partial charge is 0.391 e. The monoisotopic (exact) mass is 417 g/mol. The fraction of sp³-hybridized carbons (Fsp3) is 0.150. The topological polar surface area (TPSA) is 121 Å². The first-order chi connectivity index (χ1) is 13.8. The first kappa shape index (κ1) is 21.8. The molecule has 0 aliphatic carbocycles. The average molecular weight is 418 g/mol. The molecule has 9 heteroatoms. The summed E-state index contributed by atoms with van der Waals surface area (Å²) in [7, 11) is 1.55. The Morgan fingerprint density at radius 2 is 1.79 bits per heavy atom. The van der Waals surface area contributed by atoms with Crippen molar-refractivity contribution in [1.82, 2.24) is 5.32 Å². The van der Waals surface area contributed by atoms with Crippen LogP contribution in [0.3, 0.4) is 0 Å². The van der Waals surface area contributed by atoms with Gasteiger partial charge in [0.05, 0.1) is 13.2 Å². The Morgan fingerprint density at radius 1 is 1.17 bits per heavy atom. The molecule has 0 aromatic heterocycles. The molecule has 4 N–H and O–H groups in total. The molecule has 0 saturated heterocycles. The number of rotatable bonds is 7. The molecule has 0 bridgehead atoms. The predicted octanol–water partition coefficient (Wildman–Crippen LogP) is 3.67. The maximum atomic E-state index is 12.4. The first-order valence-electron chi connectivity index (χ1n) is 8.43. The second kappa shape index (κ2) is 10.1. The number of carbonyl (C=O) groups excluding carboxylic acids is 1.